The van der Waals surface area contributed by atoms with Gasteiger partial charge in [0.2, 0.25) is 0 Å². The van der Waals surface area contributed by atoms with Crippen LogP contribution in [-0.4, -0.2) is 0 Å². The van der Waals surface area contributed by atoms with E-state index in [1.165, 1.54) is 134 Å². The molecule has 5 aromatic rings. The molecule has 9 rings (SSSR count). The molecule has 0 heterocycles. The molecule has 82 heavy (non-hydrogen) atoms. The van der Waals surface area contributed by atoms with Crippen molar-refractivity contribution in [1.29, 1.82) is 0 Å². The summed E-state index contributed by atoms with van der Waals surface area (Å²) in [6, 6.07) is 45.2. The van der Waals surface area contributed by atoms with Crippen molar-refractivity contribution in [2.45, 2.75) is 334 Å². The van der Waals surface area contributed by atoms with E-state index in [0.717, 1.165) is 43.9 Å². The second kappa shape index (κ2) is 34.9. The van der Waals surface area contributed by atoms with Crippen LogP contribution in [0.5, 0.6) is 0 Å². The van der Waals surface area contributed by atoms with E-state index in [-0.39, 0.29) is 76.0 Å². The maximum Gasteiger partial charge on any atom is 0.0352 e. The van der Waals surface area contributed by atoms with Gasteiger partial charge < -0.3 is 0 Å². The van der Waals surface area contributed by atoms with E-state index in [1.54, 1.807) is 11.1 Å². The quantitative estimate of drug-likeness (QED) is 0.165. The fourth-order valence-corrected chi connectivity index (χ4v) is 11.7. The molecular formula is C82H136. The van der Waals surface area contributed by atoms with Crippen LogP contribution in [0, 0.1) is 5.41 Å². The van der Waals surface area contributed by atoms with E-state index in [1.807, 2.05) is 0 Å². The van der Waals surface area contributed by atoms with Crippen molar-refractivity contribution in [1.82, 2.24) is 0 Å². The Bertz CT molecular complexity index is 2490. The molecule has 0 amide bonds. The van der Waals surface area contributed by atoms with Gasteiger partial charge in [-0.15, -0.1) is 0 Å². The topological polar surface area (TPSA) is 0 Å². The lowest BCUT2D eigenvalue weighted by atomic mass is 9.81. The Hall–Kier alpha value is -3.90. The Kier molecular flexibility index (Phi) is 31.6. The predicted molar refractivity (Wildman–Crippen MR) is 377 cm³/mol. The summed E-state index contributed by atoms with van der Waals surface area (Å²) in [5, 5.41) is 0. The fraction of sp³-hybridized carbons (Fsp3) is 0.634. The SMILES string of the molecule is C.C.C.C.C.CC(C)(C)Cc1ccc(C(C)(C)C)cc1.CC(C)(C)c1ccc(C2CCCC2)cc1.CC(C)(C)c1ccc(C2CCCCC2)cc1.[2H]C1(c2ccc(C(C)(C)C)cc2)CCCC1.[2H]C1(c2ccc(C(C)(C)C)cc2)CCCCC1. The summed E-state index contributed by atoms with van der Waals surface area (Å²) in [5.74, 6) is 1.08. The molecule has 0 N–H and O–H groups in total. The third kappa shape index (κ3) is 26.6. The van der Waals surface area contributed by atoms with Gasteiger partial charge in [-0.2, -0.15) is 0 Å². The van der Waals surface area contributed by atoms with Crippen LogP contribution >= 0.6 is 0 Å². The third-order valence-electron chi connectivity index (χ3n) is 17.0. The van der Waals surface area contributed by atoms with Crippen molar-refractivity contribution in [2.24, 2.45) is 5.41 Å². The van der Waals surface area contributed by atoms with Crippen LogP contribution in [0.25, 0.3) is 0 Å². The van der Waals surface area contributed by atoms with Crippen molar-refractivity contribution in [2.75, 3.05) is 0 Å². The lowest BCUT2D eigenvalue weighted by Gasteiger charge is -2.24. The minimum Gasteiger partial charge on any atom is -0.0776 e. The van der Waals surface area contributed by atoms with Gasteiger partial charge in [0.25, 0.3) is 0 Å². The van der Waals surface area contributed by atoms with Gasteiger partial charge in [0, 0.05) is 2.74 Å². The molecule has 0 aliphatic heterocycles. The number of hydrogen-bond acceptors (Lipinski definition) is 0. The molecule has 0 heteroatoms. The van der Waals surface area contributed by atoms with Gasteiger partial charge in [-0.1, -0.05) is 347 Å². The first-order valence-corrected chi connectivity index (χ1v) is 31.2. The molecule has 0 radical (unpaired) electrons. The zero-order chi connectivity index (χ0) is 58.5. The number of hydrogen-bond donors (Lipinski definition) is 0. The van der Waals surface area contributed by atoms with E-state index in [4.69, 9.17) is 2.74 Å². The minimum absolute atomic E-state index is 0. The lowest BCUT2D eigenvalue weighted by Crippen LogP contribution is -2.12. The van der Waals surface area contributed by atoms with Crippen LogP contribution in [0.4, 0.5) is 0 Å². The molecule has 0 bridgehead atoms. The Morgan fingerprint density at radius 3 is 0.695 bits per heavy atom. The molecule has 464 valence electrons. The molecule has 0 nitrogen and oxygen atoms in total. The summed E-state index contributed by atoms with van der Waals surface area (Å²) in [7, 11) is 0. The Morgan fingerprint density at radius 2 is 0.463 bits per heavy atom. The van der Waals surface area contributed by atoms with Gasteiger partial charge in [-0.25, -0.2) is 0 Å². The molecule has 4 saturated carbocycles. The number of benzene rings is 5. The zero-order valence-corrected chi connectivity index (χ0v) is 53.1. The summed E-state index contributed by atoms with van der Waals surface area (Å²) in [5.41, 5.74) is 15.6. The van der Waals surface area contributed by atoms with Crippen LogP contribution in [0.2, 0.25) is 0 Å². The van der Waals surface area contributed by atoms with E-state index >= 15 is 0 Å². The largest absolute Gasteiger partial charge is 0.0776 e. The Balaban J connectivity index is 0.00000101. The molecule has 0 aromatic heterocycles. The highest BCUT2D eigenvalue weighted by Crippen LogP contribution is 2.38. The lowest BCUT2D eigenvalue weighted by molar-refractivity contribution is 0.411. The Morgan fingerprint density at radius 1 is 0.268 bits per heavy atom. The van der Waals surface area contributed by atoms with Gasteiger partial charge in [-0.3, -0.25) is 0 Å². The van der Waals surface area contributed by atoms with Crippen LogP contribution in [-0.2, 0) is 33.5 Å². The Labute approximate surface area is 516 Å². The van der Waals surface area contributed by atoms with Crippen LogP contribution in [0.3, 0.4) is 0 Å². The monoisotopic (exact) mass is 1120 g/mol. The first-order chi connectivity index (χ1) is 36.7. The highest BCUT2D eigenvalue weighted by molar-refractivity contribution is 5.33. The first-order valence-electron chi connectivity index (χ1n) is 32.2. The number of rotatable bonds is 5. The molecule has 5 aromatic carbocycles. The second-order valence-electron chi connectivity index (χ2n) is 30.4. The van der Waals surface area contributed by atoms with E-state index in [0.29, 0.717) is 5.41 Å². The van der Waals surface area contributed by atoms with E-state index in [2.05, 4.69) is 246 Å². The van der Waals surface area contributed by atoms with Gasteiger partial charge in [0.15, 0.2) is 0 Å². The smallest absolute Gasteiger partial charge is 0.0352 e. The van der Waals surface area contributed by atoms with Gasteiger partial charge in [-0.05, 0) is 170 Å². The second-order valence-corrected chi connectivity index (χ2v) is 30.4. The molecule has 0 unspecified atom stereocenters. The van der Waals surface area contributed by atoms with Crippen molar-refractivity contribution < 1.29 is 2.74 Å². The van der Waals surface area contributed by atoms with Crippen molar-refractivity contribution in [3.8, 4) is 0 Å². The molecule has 4 fully saturated rings. The van der Waals surface area contributed by atoms with Gasteiger partial charge >= 0.3 is 0 Å². The highest BCUT2D eigenvalue weighted by atomic mass is 14.3. The standard InChI is InChI=1S/2C16H24.2C15H22.C15H24.5CH4/c2*1-16(2,3)15-11-9-14(10-12-15)13-7-5-4-6-8-13;2*1-15(2,3)14-10-8-13(9-11-14)12-6-4-5-7-12;1-14(2,3)11-12-7-9-13(10-8-12)15(4,5)6;;;;;/h2*9-13H,4-8H2,1-3H3;2*8-12H,4-7H2,1-3H3;7-10H,11H2,1-6H3;5*1H4/i13D;;12D;;;;;;;. The summed E-state index contributed by atoms with van der Waals surface area (Å²) >= 11 is 0. The van der Waals surface area contributed by atoms with Gasteiger partial charge in [0.1, 0.15) is 0 Å². The van der Waals surface area contributed by atoms with E-state index in [9.17, 15) is 0 Å². The molecule has 0 atom stereocenters. The minimum atomic E-state index is -0.311. The average molecular weight is 1120 g/mol. The molecule has 4 aliphatic rings. The van der Waals surface area contributed by atoms with E-state index < -0.39 is 0 Å². The van der Waals surface area contributed by atoms with Crippen LogP contribution in [0.1, 0.15) is 359 Å². The fourth-order valence-electron chi connectivity index (χ4n) is 11.7. The third-order valence-corrected chi connectivity index (χ3v) is 17.0. The molecular weight excluding hydrogens is 985 g/mol. The first kappa shape index (κ1) is 74.2. The highest BCUT2D eigenvalue weighted by Gasteiger charge is 2.23. The summed E-state index contributed by atoms with van der Waals surface area (Å²) in [6.07, 6.45) is 24.1. The van der Waals surface area contributed by atoms with Crippen molar-refractivity contribution in [3.05, 3.63) is 177 Å². The van der Waals surface area contributed by atoms with Crippen molar-refractivity contribution in [3.63, 3.8) is 0 Å². The summed E-state index contributed by atoms with van der Waals surface area (Å²) < 4.78 is 17.0. The summed E-state index contributed by atoms with van der Waals surface area (Å²) in [6.45, 7) is 40.7. The normalized spacial score (nSPS) is 17.5. The molecule has 4 aliphatic carbocycles. The van der Waals surface area contributed by atoms with Crippen LogP contribution < -0.4 is 0 Å². The predicted octanol–water partition coefficient (Wildman–Crippen LogP) is 27.1. The maximum absolute atomic E-state index is 8.59. The molecule has 0 spiro atoms. The maximum atomic E-state index is 8.59. The van der Waals surface area contributed by atoms with Crippen molar-refractivity contribution >= 4 is 0 Å². The zero-order valence-electron chi connectivity index (χ0n) is 55.1. The van der Waals surface area contributed by atoms with Crippen LogP contribution in [0.15, 0.2) is 121 Å². The molecule has 0 saturated heterocycles. The average Bonchev–Trinajstić information content (AvgIpc) is 4.24. The van der Waals surface area contributed by atoms with Gasteiger partial charge in [0.05, 0.1) is 0 Å². The summed E-state index contributed by atoms with van der Waals surface area (Å²) in [4.78, 5) is 0.